The predicted octanol–water partition coefficient (Wildman–Crippen LogP) is -0.0383. The SMILES string of the molecule is CC1CN(C(=O)C23CCCN2CCC3)CC(=O)N1. The summed E-state index contributed by atoms with van der Waals surface area (Å²) in [6.45, 7) is 4.93. The Labute approximate surface area is 107 Å². The lowest BCUT2D eigenvalue weighted by molar-refractivity contribution is -0.147. The monoisotopic (exact) mass is 251 g/mol. The summed E-state index contributed by atoms with van der Waals surface area (Å²) >= 11 is 0. The normalized spacial score (nSPS) is 31.3. The fourth-order valence-electron chi connectivity index (χ4n) is 3.84. The Hall–Kier alpha value is -1.10. The molecule has 2 amide bonds. The molecule has 0 aromatic rings. The van der Waals surface area contributed by atoms with E-state index in [-0.39, 0.29) is 29.9 Å². The summed E-state index contributed by atoms with van der Waals surface area (Å²) in [5.74, 6) is 0.167. The summed E-state index contributed by atoms with van der Waals surface area (Å²) in [5.41, 5.74) is -0.267. The van der Waals surface area contributed by atoms with Crippen LogP contribution in [-0.2, 0) is 9.59 Å². The van der Waals surface area contributed by atoms with Crippen LogP contribution in [0, 0.1) is 0 Å². The van der Waals surface area contributed by atoms with E-state index in [1.165, 1.54) is 0 Å². The van der Waals surface area contributed by atoms with Gasteiger partial charge in [-0.15, -0.1) is 0 Å². The lowest BCUT2D eigenvalue weighted by Crippen LogP contribution is -2.61. The number of carbonyl (C=O) groups is 2. The second-order valence-electron chi connectivity index (χ2n) is 5.88. The summed E-state index contributed by atoms with van der Waals surface area (Å²) in [5, 5.41) is 2.87. The van der Waals surface area contributed by atoms with Gasteiger partial charge in [-0.05, 0) is 45.7 Å². The Kier molecular flexibility index (Phi) is 2.81. The summed E-state index contributed by atoms with van der Waals surface area (Å²) in [6.07, 6.45) is 4.17. The largest absolute Gasteiger partial charge is 0.350 e. The molecule has 5 nitrogen and oxygen atoms in total. The van der Waals surface area contributed by atoms with Gasteiger partial charge >= 0.3 is 0 Å². The van der Waals surface area contributed by atoms with Crippen LogP contribution >= 0.6 is 0 Å². The minimum atomic E-state index is -0.267. The Morgan fingerprint density at radius 2 is 2.00 bits per heavy atom. The molecule has 3 heterocycles. The minimum absolute atomic E-state index is 0.0268. The summed E-state index contributed by atoms with van der Waals surface area (Å²) in [6, 6.07) is 0.0721. The van der Waals surface area contributed by atoms with Gasteiger partial charge in [0.05, 0.1) is 6.54 Å². The van der Waals surface area contributed by atoms with E-state index in [1.54, 1.807) is 4.90 Å². The van der Waals surface area contributed by atoms with Gasteiger partial charge in [0.1, 0.15) is 5.54 Å². The van der Waals surface area contributed by atoms with Crippen molar-refractivity contribution in [1.82, 2.24) is 15.1 Å². The van der Waals surface area contributed by atoms with Crippen molar-refractivity contribution in [3.05, 3.63) is 0 Å². The second-order valence-corrected chi connectivity index (χ2v) is 5.88. The molecule has 5 heteroatoms. The third kappa shape index (κ3) is 1.72. The van der Waals surface area contributed by atoms with Crippen LogP contribution < -0.4 is 5.32 Å². The smallest absolute Gasteiger partial charge is 0.243 e. The lowest BCUT2D eigenvalue weighted by atomic mass is 9.91. The van der Waals surface area contributed by atoms with Gasteiger partial charge in [0, 0.05) is 12.6 Å². The molecule has 0 spiro atoms. The van der Waals surface area contributed by atoms with E-state index in [0.717, 1.165) is 38.8 Å². The number of amides is 2. The number of nitrogens with one attached hydrogen (secondary N) is 1. The van der Waals surface area contributed by atoms with Gasteiger partial charge in [-0.25, -0.2) is 0 Å². The molecule has 1 atom stereocenters. The fraction of sp³-hybridized carbons (Fsp3) is 0.846. The van der Waals surface area contributed by atoms with Crippen molar-refractivity contribution in [2.45, 2.75) is 44.2 Å². The van der Waals surface area contributed by atoms with Gasteiger partial charge in [0.25, 0.3) is 0 Å². The molecule has 3 aliphatic heterocycles. The number of hydrogen-bond acceptors (Lipinski definition) is 3. The van der Waals surface area contributed by atoms with Gasteiger partial charge in [0.15, 0.2) is 0 Å². The molecule has 18 heavy (non-hydrogen) atoms. The Morgan fingerprint density at radius 3 is 2.61 bits per heavy atom. The topological polar surface area (TPSA) is 52.7 Å². The lowest BCUT2D eigenvalue weighted by Gasteiger charge is -2.39. The standard InChI is InChI=1S/C13H21N3O2/c1-10-8-15(9-11(17)14-10)12(18)13-4-2-6-16(13)7-3-5-13/h10H,2-9H2,1H3,(H,14,17). The quantitative estimate of drug-likeness (QED) is 0.711. The maximum Gasteiger partial charge on any atom is 0.243 e. The van der Waals surface area contributed by atoms with Crippen molar-refractivity contribution in [2.75, 3.05) is 26.2 Å². The van der Waals surface area contributed by atoms with Crippen molar-refractivity contribution < 1.29 is 9.59 Å². The zero-order valence-electron chi connectivity index (χ0n) is 10.9. The van der Waals surface area contributed by atoms with Gasteiger partial charge in [-0.3, -0.25) is 14.5 Å². The highest BCUT2D eigenvalue weighted by Gasteiger charge is 2.52. The third-order valence-corrected chi connectivity index (χ3v) is 4.56. The average Bonchev–Trinajstić information content (AvgIpc) is 2.85. The summed E-state index contributed by atoms with van der Waals surface area (Å²) in [7, 11) is 0. The molecule has 3 fully saturated rings. The number of rotatable bonds is 1. The predicted molar refractivity (Wildman–Crippen MR) is 67.0 cm³/mol. The van der Waals surface area contributed by atoms with Crippen LogP contribution in [0.3, 0.4) is 0 Å². The van der Waals surface area contributed by atoms with E-state index in [2.05, 4.69) is 10.2 Å². The number of piperazine rings is 1. The molecule has 0 aromatic carbocycles. The Bertz CT molecular complexity index is 372. The van der Waals surface area contributed by atoms with Crippen LogP contribution in [0.5, 0.6) is 0 Å². The molecule has 0 radical (unpaired) electrons. The van der Waals surface area contributed by atoms with Gasteiger partial charge < -0.3 is 10.2 Å². The maximum atomic E-state index is 12.8. The second kappa shape index (κ2) is 4.23. The zero-order valence-corrected chi connectivity index (χ0v) is 10.9. The minimum Gasteiger partial charge on any atom is -0.350 e. The van der Waals surface area contributed by atoms with Crippen LogP contribution in [0.25, 0.3) is 0 Å². The molecule has 3 rings (SSSR count). The van der Waals surface area contributed by atoms with E-state index in [4.69, 9.17) is 0 Å². The number of hydrogen-bond donors (Lipinski definition) is 1. The molecule has 0 saturated carbocycles. The molecule has 1 N–H and O–H groups in total. The molecule has 1 unspecified atom stereocenters. The van der Waals surface area contributed by atoms with Crippen molar-refractivity contribution in [3.63, 3.8) is 0 Å². The van der Waals surface area contributed by atoms with Crippen LogP contribution in [0.1, 0.15) is 32.6 Å². The van der Waals surface area contributed by atoms with E-state index >= 15 is 0 Å². The van der Waals surface area contributed by atoms with E-state index in [1.807, 2.05) is 6.92 Å². The van der Waals surface area contributed by atoms with E-state index < -0.39 is 0 Å². The summed E-state index contributed by atoms with van der Waals surface area (Å²) in [4.78, 5) is 28.5. The van der Waals surface area contributed by atoms with Crippen molar-refractivity contribution in [2.24, 2.45) is 0 Å². The first-order valence-electron chi connectivity index (χ1n) is 6.96. The Balaban J connectivity index is 1.79. The number of nitrogens with zero attached hydrogens (tertiary/aromatic N) is 2. The van der Waals surface area contributed by atoms with Crippen molar-refractivity contribution in [1.29, 1.82) is 0 Å². The van der Waals surface area contributed by atoms with Gasteiger partial charge in [0.2, 0.25) is 11.8 Å². The molecule has 0 aromatic heterocycles. The van der Waals surface area contributed by atoms with Crippen LogP contribution in [0.2, 0.25) is 0 Å². The summed E-state index contributed by atoms with van der Waals surface area (Å²) < 4.78 is 0. The number of fused-ring (bicyclic) bond motifs is 1. The first kappa shape index (κ1) is 12.0. The van der Waals surface area contributed by atoms with Crippen LogP contribution in [0.4, 0.5) is 0 Å². The highest BCUT2D eigenvalue weighted by molar-refractivity contribution is 5.91. The highest BCUT2D eigenvalue weighted by Crippen LogP contribution is 2.40. The molecular weight excluding hydrogens is 230 g/mol. The Morgan fingerprint density at radius 1 is 1.33 bits per heavy atom. The average molecular weight is 251 g/mol. The van der Waals surface area contributed by atoms with Gasteiger partial charge in [-0.1, -0.05) is 0 Å². The van der Waals surface area contributed by atoms with E-state index in [9.17, 15) is 9.59 Å². The third-order valence-electron chi connectivity index (χ3n) is 4.56. The first-order chi connectivity index (χ1) is 8.62. The van der Waals surface area contributed by atoms with E-state index in [0.29, 0.717) is 6.54 Å². The van der Waals surface area contributed by atoms with Crippen molar-refractivity contribution >= 4 is 11.8 Å². The zero-order chi connectivity index (χ0) is 12.8. The molecule has 3 aliphatic rings. The van der Waals surface area contributed by atoms with Crippen LogP contribution in [-0.4, -0.2) is 59.4 Å². The molecule has 0 aliphatic carbocycles. The molecule has 100 valence electrons. The first-order valence-corrected chi connectivity index (χ1v) is 6.96. The molecule has 3 saturated heterocycles. The van der Waals surface area contributed by atoms with Gasteiger partial charge in [-0.2, -0.15) is 0 Å². The van der Waals surface area contributed by atoms with Crippen molar-refractivity contribution in [3.8, 4) is 0 Å². The maximum absolute atomic E-state index is 12.8. The number of carbonyl (C=O) groups excluding carboxylic acids is 2. The fourth-order valence-corrected chi connectivity index (χ4v) is 3.84. The van der Waals surface area contributed by atoms with Crippen LogP contribution in [0.15, 0.2) is 0 Å². The highest BCUT2D eigenvalue weighted by atomic mass is 16.2. The molecular formula is C13H21N3O2. The molecule has 0 bridgehead atoms.